The molecule has 0 spiro atoms. The van der Waals surface area contributed by atoms with Gasteiger partial charge in [0.05, 0.1) is 43.7 Å². The Morgan fingerprint density at radius 2 is 1.18 bits per heavy atom. The van der Waals surface area contributed by atoms with Gasteiger partial charge in [-0.15, -0.1) is 0 Å². The van der Waals surface area contributed by atoms with Crippen LogP contribution in [0.15, 0.2) is 11.6 Å². The molecule has 7 fully saturated rings. The number of hydrogen-bond acceptors (Lipinski definition) is 19. The number of hydrogen-bond donors (Lipinski definition) is 13. The van der Waals surface area contributed by atoms with E-state index < -0.39 is 163 Å². The summed E-state index contributed by atoms with van der Waals surface area (Å²) in [6.45, 7) is 14.4. The molecule has 0 amide bonds. The molecule has 0 bridgehead atoms. The van der Waals surface area contributed by atoms with Gasteiger partial charge in [0.15, 0.2) is 18.9 Å². The maximum absolute atomic E-state index is 12.7. The quantitative estimate of drug-likeness (QED) is 0.0773. The number of ether oxygens (including phenoxy) is 6. The third kappa shape index (κ3) is 9.03. The van der Waals surface area contributed by atoms with E-state index in [4.69, 9.17) is 28.4 Å². The number of aliphatic hydroxyl groups is 13. The zero-order chi connectivity index (χ0) is 49.5. The van der Waals surface area contributed by atoms with E-state index in [-0.39, 0.29) is 17.8 Å². The van der Waals surface area contributed by atoms with Gasteiger partial charge >= 0.3 is 0 Å². The minimum absolute atomic E-state index is 0.110. The lowest BCUT2D eigenvalue weighted by Crippen LogP contribution is -2.71. The molecular formula is C48H82O19. The summed E-state index contributed by atoms with van der Waals surface area (Å²) in [5.41, 5.74) is -2.56. The Kier molecular flexibility index (Phi) is 15.9. The van der Waals surface area contributed by atoms with Gasteiger partial charge in [-0.05, 0) is 117 Å². The summed E-state index contributed by atoms with van der Waals surface area (Å²) in [6, 6.07) is 0. The van der Waals surface area contributed by atoms with Crippen molar-refractivity contribution in [3.8, 4) is 0 Å². The van der Waals surface area contributed by atoms with Gasteiger partial charge in [0, 0.05) is 0 Å². The lowest BCUT2D eigenvalue weighted by atomic mass is 9.34. The first kappa shape index (κ1) is 53.8. The van der Waals surface area contributed by atoms with Crippen molar-refractivity contribution in [2.24, 2.45) is 45.3 Å². The van der Waals surface area contributed by atoms with Crippen LogP contribution in [0.5, 0.6) is 0 Å². The molecule has 19 heteroatoms. The molecule has 4 aliphatic carbocycles. The average molecular weight is 963 g/mol. The third-order valence-electron chi connectivity index (χ3n) is 18.7. The molecule has 0 unspecified atom stereocenters. The fourth-order valence-electron chi connectivity index (χ4n) is 14.9. The van der Waals surface area contributed by atoms with Gasteiger partial charge in [-0.1, -0.05) is 46.3 Å². The SMILES string of the molecule is CC(C)=CCC[C@](C)(O[C@H]1O[C@@H](CO)[C@H](O)[C@@H](O)[C@@H]1O)[C@@H]1CC[C@]2(C)[C@@H]1[C@H](O)C[C@@H]1[C@]3(C)CC[C@H](O)C(C)(C)[C@@H]3[C@H](O[C@@H]3O[C@H](CO)[C@@H](O)[C@H](O)[C@@H]3O[C@@H]3O[C@H](CO)[C@H](O)[C@H](O)[C@@H]3O)C[C@@]12C. The van der Waals surface area contributed by atoms with Crippen molar-refractivity contribution in [3.05, 3.63) is 11.6 Å². The lowest BCUT2D eigenvalue weighted by Gasteiger charge is -2.72. The highest BCUT2D eigenvalue weighted by atomic mass is 16.8. The molecular weight excluding hydrogens is 881 g/mol. The smallest absolute Gasteiger partial charge is 0.187 e. The molecule has 7 aliphatic rings. The van der Waals surface area contributed by atoms with Crippen molar-refractivity contribution in [1.82, 2.24) is 0 Å². The van der Waals surface area contributed by atoms with Gasteiger partial charge < -0.3 is 94.8 Å². The molecule has 3 heterocycles. The number of allylic oxidation sites excluding steroid dienone is 2. The predicted molar refractivity (Wildman–Crippen MR) is 235 cm³/mol. The summed E-state index contributed by atoms with van der Waals surface area (Å²) < 4.78 is 37.9. The highest BCUT2D eigenvalue weighted by molar-refractivity contribution is 5.22. The maximum Gasteiger partial charge on any atom is 0.187 e. The Labute approximate surface area is 393 Å². The summed E-state index contributed by atoms with van der Waals surface area (Å²) >= 11 is 0. The molecule has 0 aromatic rings. The van der Waals surface area contributed by atoms with Crippen LogP contribution in [0.1, 0.15) is 107 Å². The second-order valence-corrected chi connectivity index (χ2v) is 23.1. The summed E-state index contributed by atoms with van der Waals surface area (Å²) in [4.78, 5) is 0. The van der Waals surface area contributed by atoms with Crippen molar-refractivity contribution in [2.75, 3.05) is 19.8 Å². The molecule has 388 valence electrons. The van der Waals surface area contributed by atoms with Crippen molar-refractivity contribution in [3.63, 3.8) is 0 Å². The Bertz CT molecular complexity index is 1710. The van der Waals surface area contributed by atoms with Gasteiger partial charge in [-0.25, -0.2) is 0 Å². The summed E-state index contributed by atoms with van der Waals surface area (Å²) in [6.07, 6.45) is -20.0. The predicted octanol–water partition coefficient (Wildman–Crippen LogP) is -1.06. The van der Waals surface area contributed by atoms with Gasteiger partial charge in [0.1, 0.15) is 73.2 Å². The molecule has 0 aromatic heterocycles. The van der Waals surface area contributed by atoms with E-state index in [9.17, 15) is 66.4 Å². The maximum atomic E-state index is 12.7. The van der Waals surface area contributed by atoms with E-state index in [1.165, 1.54) is 0 Å². The van der Waals surface area contributed by atoms with Crippen molar-refractivity contribution >= 4 is 0 Å². The number of rotatable bonds is 13. The van der Waals surface area contributed by atoms with E-state index in [1.54, 1.807) is 0 Å². The van der Waals surface area contributed by atoms with Crippen LogP contribution < -0.4 is 0 Å². The van der Waals surface area contributed by atoms with Gasteiger partial charge in [0.2, 0.25) is 0 Å². The fourth-order valence-corrected chi connectivity index (χ4v) is 14.9. The van der Waals surface area contributed by atoms with Crippen LogP contribution in [0.4, 0.5) is 0 Å². The first-order valence-electron chi connectivity index (χ1n) is 24.5. The van der Waals surface area contributed by atoms with Gasteiger partial charge in [-0.2, -0.15) is 0 Å². The molecule has 3 aliphatic heterocycles. The van der Waals surface area contributed by atoms with E-state index in [0.717, 1.165) is 5.57 Å². The Morgan fingerprint density at radius 1 is 0.642 bits per heavy atom. The fraction of sp³-hybridized carbons (Fsp3) is 0.958. The summed E-state index contributed by atoms with van der Waals surface area (Å²) in [5, 5.41) is 142. The standard InChI is InChI=1S/C48H82O19/c1-21(2)10-9-13-48(8,67-42-38(61)35(58)32(55)26(19-50)64-42)22-11-15-46(6)30(22)23(52)16-28-45(5)14-12-29(53)44(3,4)40(45)24(17-47(28,46)7)62-43-39(36(59)33(56)27(20-51)65-43)66-41-37(60)34(57)31(54)25(18-49)63-41/h10,22-43,49-61H,9,11-20H2,1-8H3/t22-,23-,24-,25-,26+,27-,28-,29+,30+,31+,32+,33-,34+,35-,36+,37+,38+,39+,40+,41+,42-,43-,45+,46-,47+,48+/m1/s1. The average Bonchev–Trinajstić information content (AvgIpc) is 3.66. The second-order valence-electron chi connectivity index (χ2n) is 23.1. The molecule has 13 N–H and O–H groups in total. The van der Waals surface area contributed by atoms with E-state index >= 15 is 0 Å². The van der Waals surface area contributed by atoms with Gasteiger partial charge in [-0.3, -0.25) is 0 Å². The van der Waals surface area contributed by atoms with Crippen LogP contribution in [0.2, 0.25) is 0 Å². The molecule has 3 saturated heterocycles. The Morgan fingerprint density at radius 3 is 1.75 bits per heavy atom. The second kappa shape index (κ2) is 19.8. The Hall–Kier alpha value is -1.02. The molecule has 0 radical (unpaired) electrons. The van der Waals surface area contributed by atoms with Crippen LogP contribution in [0.3, 0.4) is 0 Å². The Balaban J connectivity index is 1.27. The van der Waals surface area contributed by atoms with Crippen LogP contribution in [-0.4, -0.2) is 202 Å². The lowest BCUT2D eigenvalue weighted by molar-refractivity contribution is -0.383. The zero-order valence-electron chi connectivity index (χ0n) is 40.3. The van der Waals surface area contributed by atoms with E-state index in [1.807, 2.05) is 34.6 Å². The van der Waals surface area contributed by atoms with Crippen LogP contribution in [0, 0.1) is 45.3 Å². The van der Waals surface area contributed by atoms with Crippen molar-refractivity contribution < 1.29 is 94.8 Å². The first-order chi connectivity index (χ1) is 31.3. The van der Waals surface area contributed by atoms with Crippen LogP contribution in [-0.2, 0) is 28.4 Å². The van der Waals surface area contributed by atoms with Crippen molar-refractivity contribution in [2.45, 2.75) is 223 Å². The summed E-state index contributed by atoms with van der Waals surface area (Å²) in [7, 11) is 0. The molecule has 4 saturated carbocycles. The highest BCUT2D eigenvalue weighted by Gasteiger charge is 2.74. The minimum Gasteiger partial charge on any atom is -0.394 e. The first-order valence-corrected chi connectivity index (χ1v) is 24.5. The normalized spacial score (nSPS) is 52.9. The molecule has 0 aromatic carbocycles. The molecule has 7 rings (SSSR count). The third-order valence-corrected chi connectivity index (χ3v) is 18.7. The molecule has 19 nitrogen and oxygen atoms in total. The highest BCUT2D eigenvalue weighted by Crippen LogP contribution is 2.76. The van der Waals surface area contributed by atoms with Gasteiger partial charge in [0.25, 0.3) is 0 Å². The molecule has 26 atom stereocenters. The topological polar surface area (TPSA) is 318 Å². The number of fused-ring (bicyclic) bond motifs is 5. The van der Waals surface area contributed by atoms with Crippen LogP contribution in [0.25, 0.3) is 0 Å². The summed E-state index contributed by atoms with van der Waals surface area (Å²) in [5.74, 6) is -1.22. The largest absolute Gasteiger partial charge is 0.394 e. The number of aliphatic hydroxyl groups excluding tert-OH is 13. The zero-order valence-corrected chi connectivity index (χ0v) is 40.3. The minimum atomic E-state index is -1.86. The van der Waals surface area contributed by atoms with Crippen molar-refractivity contribution in [1.29, 1.82) is 0 Å². The van der Waals surface area contributed by atoms with E-state index in [2.05, 4.69) is 26.8 Å². The molecule has 67 heavy (non-hydrogen) atoms. The monoisotopic (exact) mass is 963 g/mol. The van der Waals surface area contributed by atoms with E-state index in [0.29, 0.717) is 51.4 Å². The van der Waals surface area contributed by atoms with Crippen LogP contribution >= 0.6 is 0 Å².